The van der Waals surface area contributed by atoms with Gasteiger partial charge in [-0.3, -0.25) is 4.79 Å². The molecule has 1 fully saturated rings. The largest absolute Gasteiger partial charge is 0.386 e. The maximum absolute atomic E-state index is 11.7. The number of carbonyl (C=O) groups is 1. The summed E-state index contributed by atoms with van der Waals surface area (Å²) in [6, 6.07) is 8.16. The van der Waals surface area contributed by atoms with Gasteiger partial charge in [-0.15, -0.1) is 0 Å². The Hall–Kier alpha value is -1.39. The summed E-state index contributed by atoms with van der Waals surface area (Å²) in [5, 5.41) is 12.8. The summed E-state index contributed by atoms with van der Waals surface area (Å²) in [6.45, 7) is 3.19. The van der Waals surface area contributed by atoms with Gasteiger partial charge < -0.3 is 15.2 Å². The third-order valence-corrected chi connectivity index (χ3v) is 3.42. The molecule has 104 valence electrons. The molecule has 1 aromatic carbocycles. The van der Waals surface area contributed by atoms with Crippen LogP contribution in [0.5, 0.6) is 0 Å². The lowest BCUT2D eigenvalue weighted by atomic mass is 10.0. The molecule has 0 saturated carbocycles. The quantitative estimate of drug-likeness (QED) is 0.839. The van der Waals surface area contributed by atoms with E-state index >= 15 is 0 Å². The van der Waals surface area contributed by atoms with Crippen molar-refractivity contribution in [2.75, 3.05) is 19.8 Å². The van der Waals surface area contributed by atoms with Crippen LogP contribution < -0.4 is 5.32 Å². The van der Waals surface area contributed by atoms with Crippen LogP contribution in [0.4, 0.5) is 0 Å². The van der Waals surface area contributed by atoms with E-state index in [9.17, 15) is 9.90 Å². The molecule has 1 unspecified atom stereocenters. The van der Waals surface area contributed by atoms with Gasteiger partial charge in [0, 0.05) is 26.0 Å². The molecule has 1 saturated heterocycles. The van der Waals surface area contributed by atoms with Gasteiger partial charge in [0.1, 0.15) is 5.60 Å². The van der Waals surface area contributed by atoms with Gasteiger partial charge in [-0.05, 0) is 18.9 Å². The average Bonchev–Trinajstić information content (AvgIpc) is 2.82. The highest BCUT2D eigenvalue weighted by Gasteiger charge is 2.32. The van der Waals surface area contributed by atoms with Crippen LogP contribution in [0.3, 0.4) is 0 Å². The topological polar surface area (TPSA) is 58.6 Å². The molecule has 1 aromatic rings. The molecule has 0 aromatic heterocycles. The summed E-state index contributed by atoms with van der Waals surface area (Å²) < 4.78 is 5.13. The number of nitrogens with one attached hydrogen (secondary N) is 1. The minimum atomic E-state index is -0.876. The Bertz CT molecular complexity index is 439. The molecule has 1 aliphatic heterocycles. The average molecular weight is 263 g/mol. The monoisotopic (exact) mass is 263 g/mol. The van der Waals surface area contributed by atoms with Crippen LogP contribution in [-0.4, -0.2) is 36.4 Å². The summed E-state index contributed by atoms with van der Waals surface area (Å²) in [6.07, 6.45) is 1.76. The first-order chi connectivity index (χ1) is 9.07. The van der Waals surface area contributed by atoms with E-state index in [2.05, 4.69) is 11.4 Å². The lowest BCUT2D eigenvalue weighted by molar-refractivity contribution is -0.122. The number of ether oxygens (including phenoxy) is 1. The smallest absolute Gasteiger partial charge is 0.220 e. The Kier molecular flexibility index (Phi) is 4.56. The van der Waals surface area contributed by atoms with Crippen LogP contribution in [0.2, 0.25) is 0 Å². The molecule has 0 bridgehead atoms. The molecule has 0 radical (unpaired) electrons. The van der Waals surface area contributed by atoms with Gasteiger partial charge in [0.25, 0.3) is 0 Å². The minimum Gasteiger partial charge on any atom is -0.386 e. The van der Waals surface area contributed by atoms with Crippen LogP contribution in [-0.2, 0) is 16.0 Å². The van der Waals surface area contributed by atoms with Gasteiger partial charge in [-0.2, -0.15) is 0 Å². The van der Waals surface area contributed by atoms with Gasteiger partial charge in [0.2, 0.25) is 5.91 Å². The second-order valence-corrected chi connectivity index (χ2v) is 5.29. The molecule has 0 spiro atoms. The van der Waals surface area contributed by atoms with Crippen molar-refractivity contribution >= 4 is 5.91 Å². The van der Waals surface area contributed by atoms with Crippen LogP contribution in [0, 0.1) is 6.92 Å². The van der Waals surface area contributed by atoms with Crippen molar-refractivity contribution in [2.24, 2.45) is 0 Å². The van der Waals surface area contributed by atoms with Crippen LogP contribution in [0.25, 0.3) is 0 Å². The highest BCUT2D eigenvalue weighted by molar-refractivity contribution is 5.76. The van der Waals surface area contributed by atoms with Gasteiger partial charge >= 0.3 is 0 Å². The Balaban J connectivity index is 1.73. The van der Waals surface area contributed by atoms with Crippen LogP contribution in [0.1, 0.15) is 24.0 Å². The molecule has 2 N–H and O–H groups in total. The van der Waals surface area contributed by atoms with Gasteiger partial charge in [-0.1, -0.05) is 29.8 Å². The summed E-state index contributed by atoms with van der Waals surface area (Å²) >= 11 is 0. The fraction of sp³-hybridized carbons (Fsp3) is 0.533. The standard InChI is InChI=1S/C15H21NO3/c1-12-3-2-4-13(9-12)5-6-14(17)16-10-15(18)7-8-19-11-15/h2-4,9,18H,5-8,10-11H2,1H3,(H,16,17). The molecule has 1 atom stereocenters. The van der Waals surface area contributed by atoms with E-state index in [0.29, 0.717) is 26.1 Å². The summed E-state index contributed by atoms with van der Waals surface area (Å²) in [7, 11) is 0. The predicted molar refractivity (Wildman–Crippen MR) is 72.9 cm³/mol. The SMILES string of the molecule is Cc1cccc(CCC(=O)NCC2(O)CCOC2)c1. The molecule has 19 heavy (non-hydrogen) atoms. The Morgan fingerprint density at radius 3 is 3.05 bits per heavy atom. The number of aryl methyl sites for hydroxylation is 2. The molecular formula is C15H21NO3. The van der Waals surface area contributed by atoms with Crippen molar-refractivity contribution in [3.63, 3.8) is 0 Å². The van der Waals surface area contributed by atoms with Crippen molar-refractivity contribution in [1.29, 1.82) is 0 Å². The van der Waals surface area contributed by atoms with Crippen LogP contribution in [0.15, 0.2) is 24.3 Å². The molecule has 4 nitrogen and oxygen atoms in total. The fourth-order valence-electron chi connectivity index (χ4n) is 2.21. The van der Waals surface area contributed by atoms with E-state index in [1.54, 1.807) is 0 Å². The lowest BCUT2D eigenvalue weighted by Crippen LogP contribution is -2.43. The lowest BCUT2D eigenvalue weighted by Gasteiger charge is -2.20. The zero-order valence-corrected chi connectivity index (χ0v) is 11.3. The zero-order valence-electron chi connectivity index (χ0n) is 11.3. The van der Waals surface area contributed by atoms with Crippen molar-refractivity contribution in [2.45, 2.75) is 31.8 Å². The first-order valence-corrected chi connectivity index (χ1v) is 6.70. The van der Waals surface area contributed by atoms with Gasteiger partial charge in [0.05, 0.1) is 6.61 Å². The molecular weight excluding hydrogens is 242 g/mol. The van der Waals surface area contributed by atoms with E-state index in [0.717, 1.165) is 12.0 Å². The Morgan fingerprint density at radius 2 is 2.37 bits per heavy atom. The maximum atomic E-state index is 11.7. The Morgan fingerprint density at radius 1 is 1.53 bits per heavy atom. The number of benzene rings is 1. The van der Waals surface area contributed by atoms with Crippen LogP contribution >= 0.6 is 0 Å². The molecule has 4 heteroatoms. The molecule has 1 amide bonds. The number of rotatable bonds is 5. The fourth-order valence-corrected chi connectivity index (χ4v) is 2.21. The van der Waals surface area contributed by atoms with Gasteiger partial charge in [-0.25, -0.2) is 0 Å². The first-order valence-electron chi connectivity index (χ1n) is 6.70. The van der Waals surface area contributed by atoms with Crippen molar-refractivity contribution in [3.05, 3.63) is 35.4 Å². The van der Waals surface area contributed by atoms with E-state index in [1.165, 1.54) is 5.56 Å². The molecule has 0 aliphatic carbocycles. The van der Waals surface area contributed by atoms with E-state index < -0.39 is 5.60 Å². The third kappa shape index (κ3) is 4.33. The van der Waals surface area contributed by atoms with E-state index in [-0.39, 0.29) is 12.5 Å². The molecule has 1 aliphatic rings. The van der Waals surface area contributed by atoms with Gasteiger partial charge in [0.15, 0.2) is 0 Å². The second-order valence-electron chi connectivity index (χ2n) is 5.29. The first kappa shape index (κ1) is 14.0. The van der Waals surface area contributed by atoms with Crippen molar-refractivity contribution in [3.8, 4) is 0 Å². The number of carbonyl (C=O) groups excluding carboxylic acids is 1. The predicted octanol–water partition coefficient (Wildman–Crippen LogP) is 1.20. The highest BCUT2D eigenvalue weighted by atomic mass is 16.5. The zero-order chi connectivity index (χ0) is 13.7. The van der Waals surface area contributed by atoms with Crippen molar-refractivity contribution < 1.29 is 14.6 Å². The third-order valence-electron chi connectivity index (χ3n) is 3.42. The summed E-state index contributed by atoms with van der Waals surface area (Å²) in [5.41, 5.74) is 1.49. The highest BCUT2D eigenvalue weighted by Crippen LogP contribution is 2.17. The summed E-state index contributed by atoms with van der Waals surface area (Å²) in [5.74, 6) is -0.0261. The van der Waals surface area contributed by atoms with E-state index in [1.807, 2.05) is 25.1 Å². The number of hydrogen-bond donors (Lipinski definition) is 2. The number of hydrogen-bond acceptors (Lipinski definition) is 3. The normalized spacial score (nSPS) is 22.4. The number of aliphatic hydroxyl groups is 1. The minimum absolute atomic E-state index is 0.0261. The van der Waals surface area contributed by atoms with E-state index in [4.69, 9.17) is 4.74 Å². The summed E-state index contributed by atoms with van der Waals surface area (Å²) in [4.78, 5) is 11.7. The molecule has 1 heterocycles. The maximum Gasteiger partial charge on any atom is 0.220 e. The number of amides is 1. The Labute approximate surface area is 113 Å². The molecule has 2 rings (SSSR count). The second kappa shape index (κ2) is 6.17. The van der Waals surface area contributed by atoms with Crippen molar-refractivity contribution in [1.82, 2.24) is 5.32 Å².